The van der Waals surface area contributed by atoms with E-state index in [-0.39, 0.29) is 9.45 Å². The highest BCUT2D eigenvalue weighted by Crippen LogP contribution is 2.34. The minimum absolute atomic E-state index is 0.0605. The molecule has 0 fully saturated rings. The fourth-order valence-electron chi connectivity index (χ4n) is 0.966. The number of rotatable bonds is 3. The van der Waals surface area contributed by atoms with Crippen LogP contribution in [0.25, 0.3) is 0 Å². The van der Waals surface area contributed by atoms with Crippen molar-refractivity contribution in [3.05, 3.63) is 15.2 Å². The summed E-state index contributed by atoms with van der Waals surface area (Å²) in [6.07, 6.45) is -7.95. The molecule has 3 nitrogen and oxygen atoms in total. The number of aromatic nitrogens is 1. The van der Waals surface area contributed by atoms with Crippen molar-refractivity contribution >= 4 is 22.6 Å². The van der Waals surface area contributed by atoms with E-state index in [9.17, 15) is 22.0 Å². The fraction of sp³-hybridized carbons (Fsp3) is 0.375. The molecule has 0 spiro atoms. The molecule has 0 radical (unpaired) electrons. The molecule has 0 unspecified atom stereocenters. The summed E-state index contributed by atoms with van der Waals surface area (Å²) in [6, 6.07) is 0.530. The molecule has 0 amide bonds. The van der Waals surface area contributed by atoms with Crippen molar-refractivity contribution in [2.45, 2.75) is 12.8 Å². The van der Waals surface area contributed by atoms with Crippen molar-refractivity contribution in [2.24, 2.45) is 0 Å². The molecule has 1 heterocycles. The van der Waals surface area contributed by atoms with Gasteiger partial charge in [-0.25, -0.2) is 8.78 Å². The zero-order valence-electron chi connectivity index (χ0n) is 8.19. The van der Waals surface area contributed by atoms with Crippen molar-refractivity contribution in [3.8, 4) is 11.8 Å². The van der Waals surface area contributed by atoms with Crippen molar-refractivity contribution < 1.29 is 31.4 Å². The molecule has 1 aromatic heterocycles. The molecule has 17 heavy (non-hydrogen) atoms. The molecule has 0 saturated heterocycles. The molecular formula is C8H5F5INO2. The van der Waals surface area contributed by atoms with Gasteiger partial charge in [-0.3, -0.25) is 0 Å². The van der Waals surface area contributed by atoms with Gasteiger partial charge in [0.1, 0.15) is 0 Å². The third-order valence-electron chi connectivity index (χ3n) is 1.58. The predicted molar refractivity (Wildman–Crippen MR) is 55.1 cm³/mol. The van der Waals surface area contributed by atoms with E-state index in [0.717, 1.165) is 7.11 Å². The van der Waals surface area contributed by atoms with Crippen LogP contribution in [0.2, 0.25) is 0 Å². The fourth-order valence-corrected chi connectivity index (χ4v) is 1.70. The van der Waals surface area contributed by atoms with E-state index in [4.69, 9.17) is 0 Å². The number of methoxy groups -OCH3 is 1. The first-order chi connectivity index (χ1) is 7.74. The largest absolute Gasteiger partial charge is 0.574 e. The highest BCUT2D eigenvalue weighted by Gasteiger charge is 2.33. The normalized spacial score (nSPS) is 11.8. The maximum absolute atomic E-state index is 12.5. The van der Waals surface area contributed by atoms with Crippen molar-refractivity contribution in [2.75, 3.05) is 7.11 Å². The first kappa shape index (κ1) is 14.2. The molecule has 1 rings (SSSR count). The molecular weight excluding hydrogens is 364 g/mol. The molecule has 0 aliphatic carbocycles. The summed E-state index contributed by atoms with van der Waals surface area (Å²) >= 11 is 1.51. The van der Waals surface area contributed by atoms with Gasteiger partial charge >= 0.3 is 6.36 Å². The average molecular weight is 369 g/mol. The van der Waals surface area contributed by atoms with E-state index < -0.39 is 24.2 Å². The second kappa shape index (κ2) is 5.19. The van der Waals surface area contributed by atoms with Gasteiger partial charge in [0.05, 0.1) is 10.7 Å². The first-order valence-corrected chi connectivity index (χ1v) is 5.10. The molecule has 0 aliphatic heterocycles. The van der Waals surface area contributed by atoms with Gasteiger partial charge in [-0.2, -0.15) is 4.98 Å². The maximum atomic E-state index is 12.5. The number of hydrogen-bond acceptors (Lipinski definition) is 3. The van der Waals surface area contributed by atoms with Crippen LogP contribution >= 0.6 is 22.6 Å². The summed E-state index contributed by atoms with van der Waals surface area (Å²) in [7, 11) is 1.11. The van der Waals surface area contributed by atoms with Crippen LogP contribution in [0.3, 0.4) is 0 Å². The van der Waals surface area contributed by atoms with Crippen LogP contribution in [0, 0.1) is 3.57 Å². The minimum atomic E-state index is -5.00. The molecule has 0 bridgehead atoms. The Morgan fingerprint density at radius 2 is 1.94 bits per heavy atom. The molecule has 0 aromatic carbocycles. The SMILES string of the molecule is COc1nc(OC(F)(F)F)cc(C(F)F)c1I. The summed E-state index contributed by atoms with van der Waals surface area (Å²) in [5.41, 5.74) is -0.628. The lowest BCUT2D eigenvalue weighted by atomic mass is 10.3. The minimum Gasteiger partial charge on any atom is -0.480 e. The van der Waals surface area contributed by atoms with Crippen molar-refractivity contribution in [1.29, 1.82) is 0 Å². The predicted octanol–water partition coefficient (Wildman–Crippen LogP) is 3.53. The second-order valence-electron chi connectivity index (χ2n) is 2.72. The summed E-state index contributed by atoms with van der Waals surface area (Å²) in [5, 5.41) is 0. The Balaban J connectivity index is 3.21. The van der Waals surface area contributed by atoms with Crippen LogP contribution in [0.1, 0.15) is 12.0 Å². The van der Waals surface area contributed by atoms with E-state index in [1.807, 2.05) is 0 Å². The molecule has 1 aromatic rings. The van der Waals surface area contributed by atoms with Crippen molar-refractivity contribution in [1.82, 2.24) is 4.98 Å². The summed E-state index contributed by atoms with van der Waals surface area (Å²) in [4.78, 5) is 3.31. The number of pyridine rings is 1. The Hall–Kier alpha value is -0.870. The quantitative estimate of drug-likeness (QED) is 0.604. The third kappa shape index (κ3) is 3.82. The lowest BCUT2D eigenvalue weighted by Crippen LogP contribution is -2.18. The number of alkyl halides is 5. The lowest BCUT2D eigenvalue weighted by Gasteiger charge is -2.12. The van der Waals surface area contributed by atoms with Crippen molar-refractivity contribution in [3.63, 3.8) is 0 Å². The Labute approximate surface area is 106 Å². The average Bonchev–Trinajstić information content (AvgIpc) is 2.17. The van der Waals surface area contributed by atoms with Crippen LogP contribution in [0.5, 0.6) is 11.8 Å². The highest BCUT2D eigenvalue weighted by atomic mass is 127. The zero-order chi connectivity index (χ0) is 13.2. The Bertz CT molecular complexity index is 410. The Morgan fingerprint density at radius 3 is 2.35 bits per heavy atom. The van der Waals surface area contributed by atoms with Gasteiger partial charge in [-0.05, 0) is 22.6 Å². The van der Waals surface area contributed by atoms with Gasteiger partial charge in [0.15, 0.2) is 0 Å². The molecule has 96 valence electrons. The lowest BCUT2D eigenvalue weighted by molar-refractivity contribution is -0.276. The number of ether oxygens (including phenoxy) is 2. The second-order valence-corrected chi connectivity index (χ2v) is 3.80. The van der Waals surface area contributed by atoms with Crippen LogP contribution < -0.4 is 9.47 Å². The highest BCUT2D eigenvalue weighted by molar-refractivity contribution is 14.1. The molecule has 9 heteroatoms. The van der Waals surface area contributed by atoms with E-state index in [0.29, 0.717) is 6.07 Å². The first-order valence-electron chi connectivity index (χ1n) is 4.03. The van der Waals surface area contributed by atoms with Crippen LogP contribution in [-0.4, -0.2) is 18.5 Å². The van der Waals surface area contributed by atoms with Gasteiger partial charge in [-0.1, -0.05) is 0 Å². The van der Waals surface area contributed by atoms with Gasteiger partial charge < -0.3 is 9.47 Å². The maximum Gasteiger partial charge on any atom is 0.574 e. The Kier molecular flexibility index (Phi) is 4.33. The van der Waals surface area contributed by atoms with Gasteiger partial charge in [-0.15, -0.1) is 13.2 Å². The molecule has 0 aliphatic rings. The summed E-state index contributed by atoms with van der Waals surface area (Å²) in [6.45, 7) is 0. The summed E-state index contributed by atoms with van der Waals surface area (Å²) in [5.74, 6) is -1.33. The number of halogens is 6. The van der Waals surface area contributed by atoms with E-state index in [2.05, 4.69) is 14.5 Å². The van der Waals surface area contributed by atoms with E-state index >= 15 is 0 Å². The zero-order valence-corrected chi connectivity index (χ0v) is 10.3. The molecule has 0 saturated carbocycles. The third-order valence-corrected chi connectivity index (χ3v) is 2.66. The van der Waals surface area contributed by atoms with Crippen LogP contribution in [-0.2, 0) is 0 Å². The van der Waals surface area contributed by atoms with Crippen LogP contribution in [0.4, 0.5) is 22.0 Å². The number of hydrogen-bond donors (Lipinski definition) is 0. The van der Waals surface area contributed by atoms with Gasteiger partial charge in [0.25, 0.3) is 6.43 Å². The smallest absolute Gasteiger partial charge is 0.480 e. The van der Waals surface area contributed by atoms with E-state index in [1.54, 1.807) is 0 Å². The molecule has 0 N–H and O–H groups in total. The Morgan fingerprint density at radius 1 is 1.35 bits per heavy atom. The topological polar surface area (TPSA) is 31.4 Å². The standard InChI is InChI=1S/C8H5F5INO2/c1-16-7-5(14)3(6(9)10)2-4(15-7)17-8(11,12)13/h2,6H,1H3. The summed E-state index contributed by atoms with van der Waals surface area (Å²) < 4.78 is 68.8. The van der Waals surface area contributed by atoms with Gasteiger partial charge in [0, 0.05) is 11.6 Å². The monoisotopic (exact) mass is 369 g/mol. The molecule has 0 atom stereocenters. The van der Waals surface area contributed by atoms with Crippen LogP contribution in [0.15, 0.2) is 6.07 Å². The van der Waals surface area contributed by atoms with E-state index in [1.165, 1.54) is 22.6 Å². The van der Waals surface area contributed by atoms with Gasteiger partial charge in [0.2, 0.25) is 11.8 Å². The number of nitrogens with zero attached hydrogens (tertiary/aromatic N) is 1.